The summed E-state index contributed by atoms with van der Waals surface area (Å²) in [7, 11) is -3.74. The molecule has 2 N–H and O–H groups in total. The lowest BCUT2D eigenvalue weighted by Gasteiger charge is -2.32. The Morgan fingerprint density at radius 1 is 1.19 bits per heavy atom. The summed E-state index contributed by atoms with van der Waals surface area (Å²) in [6.45, 7) is 11.0. The predicted octanol–water partition coefficient (Wildman–Crippen LogP) is 2.29. The molecule has 152 valence electrons. The second-order valence-corrected chi connectivity index (χ2v) is 9.55. The second-order valence-electron chi connectivity index (χ2n) is 7.83. The fourth-order valence-corrected chi connectivity index (χ4v) is 4.56. The summed E-state index contributed by atoms with van der Waals surface area (Å²) in [4.78, 5) is 15.4. The molecule has 0 aromatic heterocycles. The van der Waals surface area contributed by atoms with Crippen LogP contribution in [0.4, 0.5) is 0 Å². The van der Waals surface area contributed by atoms with E-state index >= 15 is 0 Å². The maximum Gasteiger partial charge on any atom is 0.241 e. The minimum atomic E-state index is -3.74. The van der Waals surface area contributed by atoms with Gasteiger partial charge >= 0.3 is 0 Å². The Morgan fingerprint density at radius 3 is 2.30 bits per heavy atom. The van der Waals surface area contributed by atoms with Crippen LogP contribution in [0.15, 0.2) is 29.2 Å². The van der Waals surface area contributed by atoms with Crippen LogP contribution in [-0.2, 0) is 14.8 Å². The molecule has 0 bridgehead atoms. The number of hydrogen-bond donors (Lipinski definition) is 2. The first-order chi connectivity index (χ1) is 12.7. The van der Waals surface area contributed by atoms with Crippen molar-refractivity contribution in [3.05, 3.63) is 29.8 Å². The molecule has 1 aromatic carbocycles. The first kappa shape index (κ1) is 21.9. The Labute approximate surface area is 163 Å². The van der Waals surface area contributed by atoms with E-state index in [2.05, 4.69) is 21.9 Å². The normalized spacial score (nSPS) is 17.8. The van der Waals surface area contributed by atoms with E-state index in [1.54, 1.807) is 24.3 Å². The summed E-state index contributed by atoms with van der Waals surface area (Å²) < 4.78 is 28.1. The minimum absolute atomic E-state index is 0.110. The van der Waals surface area contributed by atoms with E-state index < -0.39 is 16.1 Å². The number of nitrogens with one attached hydrogen (secondary N) is 2. The van der Waals surface area contributed by atoms with Gasteiger partial charge in [0.25, 0.3) is 0 Å². The lowest BCUT2D eigenvalue weighted by Crippen LogP contribution is -2.52. The molecule has 1 atom stereocenters. The third kappa shape index (κ3) is 6.59. The number of hydrogen-bond acceptors (Lipinski definition) is 4. The van der Waals surface area contributed by atoms with Crippen molar-refractivity contribution >= 4 is 15.9 Å². The maximum atomic E-state index is 12.8. The molecule has 6 nitrogen and oxygen atoms in total. The average Bonchev–Trinajstić information content (AvgIpc) is 2.61. The van der Waals surface area contributed by atoms with Gasteiger partial charge in [-0.25, -0.2) is 8.42 Å². The highest BCUT2D eigenvalue weighted by atomic mass is 32.2. The maximum absolute atomic E-state index is 12.8. The van der Waals surface area contributed by atoms with Crippen LogP contribution in [0.1, 0.15) is 45.6 Å². The number of benzene rings is 1. The SMILES string of the molecule is CCN1CCC(NC(=O)[C@H](CC(C)C)NS(=O)(=O)c2ccc(C)cc2)CC1. The van der Waals surface area contributed by atoms with Gasteiger partial charge in [0.15, 0.2) is 0 Å². The zero-order chi connectivity index (χ0) is 20.0. The predicted molar refractivity (Wildman–Crippen MR) is 108 cm³/mol. The third-order valence-electron chi connectivity index (χ3n) is 5.03. The Hall–Kier alpha value is -1.44. The summed E-state index contributed by atoms with van der Waals surface area (Å²) in [5.41, 5.74) is 0.990. The van der Waals surface area contributed by atoms with E-state index in [0.29, 0.717) is 6.42 Å². The topological polar surface area (TPSA) is 78.5 Å². The monoisotopic (exact) mass is 395 g/mol. The van der Waals surface area contributed by atoms with Crippen LogP contribution >= 0.6 is 0 Å². The second kappa shape index (κ2) is 9.66. The molecule has 1 aliphatic rings. The quantitative estimate of drug-likeness (QED) is 0.708. The van der Waals surface area contributed by atoms with E-state index in [4.69, 9.17) is 0 Å². The van der Waals surface area contributed by atoms with Crippen molar-refractivity contribution in [1.82, 2.24) is 14.9 Å². The van der Waals surface area contributed by atoms with Gasteiger partial charge < -0.3 is 10.2 Å². The fraction of sp³-hybridized carbons (Fsp3) is 0.650. The molecular weight excluding hydrogens is 362 g/mol. The summed E-state index contributed by atoms with van der Waals surface area (Å²) in [6.07, 6.45) is 2.27. The van der Waals surface area contributed by atoms with Crippen LogP contribution in [0, 0.1) is 12.8 Å². The minimum Gasteiger partial charge on any atom is -0.352 e. The molecule has 2 rings (SSSR count). The first-order valence-corrected chi connectivity index (χ1v) is 11.3. The molecule has 0 saturated carbocycles. The molecule has 1 aliphatic heterocycles. The molecule has 27 heavy (non-hydrogen) atoms. The van der Waals surface area contributed by atoms with Crippen LogP contribution in [0.5, 0.6) is 0 Å². The van der Waals surface area contributed by atoms with Gasteiger partial charge in [-0.2, -0.15) is 4.72 Å². The number of carbonyl (C=O) groups is 1. The Kier molecular flexibility index (Phi) is 7.82. The molecule has 1 aromatic rings. The van der Waals surface area contributed by atoms with Gasteiger partial charge in [-0.1, -0.05) is 38.5 Å². The standard InChI is InChI=1S/C20H33N3O3S/c1-5-23-12-10-17(11-13-23)21-20(24)19(14-15(2)3)22-27(25,26)18-8-6-16(4)7-9-18/h6-9,15,17,19,22H,5,10-14H2,1-4H3,(H,21,24)/t19-/m0/s1. The lowest BCUT2D eigenvalue weighted by atomic mass is 10.0. The van der Waals surface area contributed by atoms with E-state index in [1.807, 2.05) is 20.8 Å². The Morgan fingerprint density at radius 2 is 1.78 bits per heavy atom. The molecule has 1 heterocycles. The van der Waals surface area contributed by atoms with Crippen molar-refractivity contribution in [2.75, 3.05) is 19.6 Å². The number of carbonyl (C=O) groups excluding carboxylic acids is 1. The fourth-order valence-electron chi connectivity index (χ4n) is 3.35. The summed E-state index contributed by atoms with van der Waals surface area (Å²) in [5.74, 6) is -0.0299. The van der Waals surface area contributed by atoms with Crippen LogP contribution in [-0.4, -0.2) is 50.9 Å². The van der Waals surface area contributed by atoms with Crippen molar-refractivity contribution < 1.29 is 13.2 Å². The third-order valence-corrected chi connectivity index (χ3v) is 6.52. The number of rotatable bonds is 8. The van der Waals surface area contributed by atoms with Crippen molar-refractivity contribution in [2.45, 2.75) is 63.9 Å². The number of likely N-dealkylation sites (tertiary alicyclic amines) is 1. The van der Waals surface area contributed by atoms with Gasteiger partial charge in [0, 0.05) is 19.1 Å². The highest BCUT2D eigenvalue weighted by Gasteiger charge is 2.29. The van der Waals surface area contributed by atoms with Crippen molar-refractivity contribution in [2.24, 2.45) is 5.92 Å². The molecule has 0 radical (unpaired) electrons. The molecule has 7 heteroatoms. The highest BCUT2D eigenvalue weighted by Crippen LogP contribution is 2.15. The van der Waals surface area contributed by atoms with Gasteiger partial charge in [0.2, 0.25) is 15.9 Å². The summed E-state index contributed by atoms with van der Waals surface area (Å²) >= 11 is 0. The molecule has 1 fully saturated rings. The van der Waals surface area contributed by atoms with Crippen LogP contribution in [0.2, 0.25) is 0 Å². The number of piperidine rings is 1. The van der Waals surface area contributed by atoms with Gasteiger partial charge in [-0.15, -0.1) is 0 Å². The molecule has 0 spiro atoms. The van der Waals surface area contributed by atoms with Gasteiger partial charge in [0.05, 0.1) is 4.90 Å². The van der Waals surface area contributed by atoms with Crippen molar-refractivity contribution in [1.29, 1.82) is 0 Å². The average molecular weight is 396 g/mol. The number of aryl methyl sites for hydroxylation is 1. The number of sulfonamides is 1. The summed E-state index contributed by atoms with van der Waals surface area (Å²) in [5, 5.41) is 3.06. The number of amides is 1. The zero-order valence-electron chi connectivity index (χ0n) is 16.9. The Balaban J connectivity index is 2.05. The highest BCUT2D eigenvalue weighted by molar-refractivity contribution is 7.89. The lowest BCUT2D eigenvalue weighted by molar-refractivity contribution is -0.124. The van der Waals surface area contributed by atoms with Gasteiger partial charge in [-0.05, 0) is 50.8 Å². The molecular formula is C20H33N3O3S. The largest absolute Gasteiger partial charge is 0.352 e. The zero-order valence-corrected chi connectivity index (χ0v) is 17.7. The van der Waals surface area contributed by atoms with Crippen molar-refractivity contribution in [3.8, 4) is 0 Å². The van der Waals surface area contributed by atoms with E-state index in [1.165, 1.54) is 0 Å². The first-order valence-electron chi connectivity index (χ1n) is 9.83. The van der Waals surface area contributed by atoms with E-state index in [-0.39, 0.29) is 22.8 Å². The van der Waals surface area contributed by atoms with Gasteiger partial charge in [0.1, 0.15) is 6.04 Å². The molecule has 0 aliphatic carbocycles. The van der Waals surface area contributed by atoms with E-state index in [9.17, 15) is 13.2 Å². The van der Waals surface area contributed by atoms with Crippen LogP contribution < -0.4 is 10.0 Å². The molecule has 1 saturated heterocycles. The van der Waals surface area contributed by atoms with E-state index in [0.717, 1.165) is 38.0 Å². The number of nitrogens with zero attached hydrogens (tertiary/aromatic N) is 1. The van der Waals surface area contributed by atoms with Crippen LogP contribution in [0.25, 0.3) is 0 Å². The van der Waals surface area contributed by atoms with Gasteiger partial charge in [-0.3, -0.25) is 4.79 Å². The molecule has 0 unspecified atom stereocenters. The van der Waals surface area contributed by atoms with Crippen LogP contribution in [0.3, 0.4) is 0 Å². The Bertz CT molecular complexity index is 708. The summed E-state index contributed by atoms with van der Waals surface area (Å²) in [6, 6.07) is 6.01. The molecule has 1 amide bonds. The smallest absolute Gasteiger partial charge is 0.241 e. The van der Waals surface area contributed by atoms with Crippen molar-refractivity contribution in [3.63, 3.8) is 0 Å².